The minimum Gasteiger partial charge on any atom is -0.314 e. The molecule has 0 bridgehead atoms. The summed E-state index contributed by atoms with van der Waals surface area (Å²) < 4.78 is 1.61. The predicted octanol–water partition coefficient (Wildman–Crippen LogP) is 1.22. The highest BCUT2D eigenvalue weighted by Crippen LogP contribution is 2.10. The zero-order valence-corrected chi connectivity index (χ0v) is 13.2. The molecular formula is C15H21ClN4O. The highest BCUT2D eigenvalue weighted by atomic mass is 35.5. The van der Waals surface area contributed by atoms with Gasteiger partial charge in [-0.15, -0.1) is 12.4 Å². The van der Waals surface area contributed by atoms with Gasteiger partial charge in [-0.1, -0.05) is 6.07 Å². The second-order valence-corrected chi connectivity index (χ2v) is 5.49. The van der Waals surface area contributed by atoms with Crippen LogP contribution in [0.1, 0.15) is 18.2 Å². The maximum atomic E-state index is 12.2. The topological polar surface area (TPSA) is 49.6 Å². The predicted molar refractivity (Wildman–Crippen MR) is 86.2 cm³/mol. The highest BCUT2D eigenvalue weighted by molar-refractivity contribution is 5.85. The molecule has 0 amide bonds. The Kier molecular flexibility index (Phi) is 4.98. The number of aromatic nitrogens is 2. The first-order chi connectivity index (χ1) is 9.65. The molecule has 21 heavy (non-hydrogen) atoms. The molecule has 114 valence electrons. The van der Waals surface area contributed by atoms with Crippen molar-refractivity contribution in [3.63, 3.8) is 0 Å². The smallest absolute Gasteiger partial charge is 0.258 e. The molecule has 0 radical (unpaired) electrons. The fraction of sp³-hybridized carbons (Fsp3) is 0.467. The Morgan fingerprint density at radius 1 is 1.48 bits per heavy atom. The maximum absolute atomic E-state index is 12.2. The van der Waals surface area contributed by atoms with Crippen LogP contribution in [0.4, 0.5) is 0 Å². The Morgan fingerprint density at radius 3 is 3.05 bits per heavy atom. The largest absolute Gasteiger partial charge is 0.314 e. The molecule has 5 nitrogen and oxygen atoms in total. The molecule has 1 saturated heterocycles. The maximum Gasteiger partial charge on any atom is 0.258 e. The van der Waals surface area contributed by atoms with Gasteiger partial charge in [0.1, 0.15) is 5.65 Å². The number of fused-ring (bicyclic) bond motifs is 1. The first-order valence-corrected chi connectivity index (χ1v) is 7.08. The van der Waals surface area contributed by atoms with Crippen molar-refractivity contribution in [2.45, 2.75) is 26.4 Å². The van der Waals surface area contributed by atoms with Crippen LogP contribution in [0.2, 0.25) is 0 Å². The first kappa shape index (κ1) is 15.9. The number of piperazine rings is 1. The standard InChI is InChI=1S/C15H20N4O.ClH/c1-11-4-3-6-19-14(20)8-13(17-15(11)19)10-18-7-5-16-9-12(18)2;/h3-4,6,8,12,16H,5,7,9-10H2,1-2H3;1H. The molecule has 3 heterocycles. The van der Waals surface area contributed by atoms with Crippen LogP contribution in [0.5, 0.6) is 0 Å². The molecule has 3 rings (SSSR count). The summed E-state index contributed by atoms with van der Waals surface area (Å²) in [6, 6.07) is 5.99. The van der Waals surface area contributed by atoms with Crippen molar-refractivity contribution in [3.8, 4) is 0 Å². The molecule has 1 unspecified atom stereocenters. The second-order valence-electron chi connectivity index (χ2n) is 5.49. The zero-order valence-electron chi connectivity index (χ0n) is 12.4. The Balaban J connectivity index is 0.00000161. The van der Waals surface area contributed by atoms with E-state index in [1.807, 2.05) is 19.1 Å². The van der Waals surface area contributed by atoms with Crippen LogP contribution < -0.4 is 10.9 Å². The van der Waals surface area contributed by atoms with Gasteiger partial charge in [-0.25, -0.2) is 4.98 Å². The lowest BCUT2D eigenvalue weighted by molar-refractivity contribution is 0.164. The molecule has 0 aromatic carbocycles. The Morgan fingerprint density at radius 2 is 2.29 bits per heavy atom. The van der Waals surface area contributed by atoms with Crippen LogP contribution in [0, 0.1) is 6.92 Å². The van der Waals surface area contributed by atoms with Crippen LogP contribution in [0.15, 0.2) is 29.2 Å². The molecule has 1 atom stereocenters. The number of halogens is 1. The molecule has 1 aliphatic rings. The van der Waals surface area contributed by atoms with E-state index in [9.17, 15) is 4.79 Å². The SMILES string of the molecule is Cc1cccn2c(=O)cc(CN3CCNCC3C)nc12.Cl. The van der Waals surface area contributed by atoms with E-state index in [1.165, 1.54) is 0 Å². The number of hydrogen-bond acceptors (Lipinski definition) is 4. The highest BCUT2D eigenvalue weighted by Gasteiger charge is 2.18. The van der Waals surface area contributed by atoms with Gasteiger partial charge >= 0.3 is 0 Å². The van der Waals surface area contributed by atoms with Crippen LogP contribution in [-0.4, -0.2) is 40.0 Å². The van der Waals surface area contributed by atoms with E-state index in [-0.39, 0.29) is 18.0 Å². The number of hydrogen-bond donors (Lipinski definition) is 1. The molecule has 0 spiro atoms. The van der Waals surface area contributed by atoms with E-state index in [0.29, 0.717) is 6.04 Å². The van der Waals surface area contributed by atoms with Crippen LogP contribution in [-0.2, 0) is 6.54 Å². The van der Waals surface area contributed by atoms with Crippen molar-refractivity contribution in [2.75, 3.05) is 19.6 Å². The minimum absolute atomic E-state index is 0. The van der Waals surface area contributed by atoms with Gasteiger partial charge in [-0.05, 0) is 25.5 Å². The Bertz CT molecular complexity index is 685. The van der Waals surface area contributed by atoms with Gasteiger partial charge in [0.05, 0.1) is 5.69 Å². The summed E-state index contributed by atoms with van der Waals surface area (Å²) in [6.07, 6.45) is 1.77. The fourth-order valence-corrected chi connectivity index (χ4v) is 2.72. The van der Waals surface area contributed by atoms with Crippen LogP contribution in [0.3, 0.4) is 0 Å². The molecule has 0 aliphatic carbocycles. The summed E-state index contributed by atoms with van der Waals surface area (Å²) >= 11 is 0. The Labute approximate surface area is 130 Å². The Hall–Kier alpha value is -1.43. The van der Waals surface area contributed by atoms with Crippen molar-refractivity contribution in [2.24, 2.45) is 0 Å². The van der Waals surface area contributed by atoms with E-state index in [0.717, 1.165) is 43.1 Å². The summed E-state index contributed by atoms with van der Waals surface area (Å²) in [5, 5.41) is 3.37. The number of aryl methyl sites for hydroxylation is 1. The minimum atomic E-state index is -0.00325. The number of rotatable bonds is 2. The van der Waals surface area contributed by atoms with Crippen molar-refractivity contribution < 1.29 is 0 Å². The molecule has 0 saturated carbocycles. The first-order valence-electron chi connectivity index (χ1n) is 7.08. The summed E-state index contributed by atoms with van der Waals surface area (Å²) in [7, 11) is 0. The van der Waals surface area contributed by atoms with Crippen molar-refractivity contribution >= 4 is 18.1 Å². The molecule has 2 aromatic heterocycles. The van der Waals surface area contributed by atoms with Gasteiger partial charge < -0.3 is 5.32 Å². The zero-order chi connectivity index (χ0) is 14.1. The van der Waals surface area contributed by atoms with Crippen LogP contribution >= 0.6 is 12.4 Å². The summed E-state index contributed by atoms with van der Waals surface area (Å²) in [5.74, 6) is 0. The van der Waals surface area contributed by atoms with Gasteiger partial charge in [-0.2, -0.15) is 0 Å². The molecule has 1 aliphatic heterocycles. The molecule has 6 heteroatoms. The van der Waals surface area contributed by atoms with Gasteiger partial charge in [0, 0.05) is 44.5 Å². The van der Waals surface area contributed by atoms with Gasteiger partial charge in [0.15, 0.2) is 0 Å². The summed E-state index contributed by atoms with van der Waals surface area (Å²) in [4.78, 5) is 19.2. The fourth-order valence-electron chi connectivity index (χ4n) is 2.72. The lowest BCUT2D eigenvalue weighted by Gasteiger charge is -2.33. The second kappa shape index (κ2) is 6.56. The third-order valence-electron chi connectivity index (χ3n) is 3.94. The van der Waals surface area contributed by atoms with E-state index >= 15 is 0 Å². The van der Waals surface area contributed by atoms with Crippen molar-refractivity contribution in [1.29, 1.82) is 0 Å². The quantitative estimate of drug-likeness (QED) is 0.906. The van der Waals surface area contributed by atoms with Crippen molar-refractivity contribution in [3.05, 3.63) is 46.0 Å². The lowest BCUT2D eigenvalue weighted by Crippen LogP contribution is -2.49. The molecular weight excluding hydrogens is 288 g/mol. The van der Waals surface area contributed by atoms with E-state index in [4.69, 9.17) is 0 Å². The van der Waals surface area contributed by atoms with Gasteiger partial charge in [-0.3, -0.25) is 14.1 Å². The summed E-state index contributed by atoms with van der Waals surface area (Å²) in [5.41, 5.74) is 2.65. The average molecular weight is 309 g/mol. The van der Waals surface area contributed by atoms with E-state index < -0.39 is 0 Å². The normalized spacial score (nSPS) is 19.4. The van der Waals surface area contributed by atoms with E-state index in [1.54, 1.807) is 16.7 Å². The lowest BCUT2D eigenvalue weighted by atomic mass is 10.2. The molecule has 1 N–H and O–H groups in total. The monoisotopic (exact) mass is 308 g/mol. The van der Waals surface area contributed by atoms with Gasteiger partial charge in [0.25, 0.3) is 5.56 Å². The van der Waals surface area contributed by atoms with E-state index in [2.05, 4.69) is 22.1 Å². The average Bonchev–Trinajstić information content (AvgIpc) is 2.43. The third-order valence-corrected chi connectivity index (χ3v) is 3.94. The van der Waals surface area contributed by atoms with Gasteiger partial charge in [0.2, 0.25) is 0 Å². The molecule has 2 aromatic rings. The molecule has 1 fully saturated rings. The summed E-state index contributed by atoms with van der Waals surface area (Å²) in [6.45, 7) is 7.91. The van der Waals surface area contributed by atoms with Crippen LogP contribution in [0.25, 0.3) is 5.65 Å². The van der Waals surface area contributed by atoms with Crippen molar-refractivity contribution in [1.82, 2.24) is 19.6 Å². The third kappa shape index (κ3) is 3.26. The number of pyridine rings is 1. The number of nitrogens with one attached hydrogen (secondary N) is 1. The number of nitrogens with zero attached hydrogens (tertiary/aromatic N) is 3.